The molecule has 2 aromatic rings. The average Bonchev–Trinajstić information content (AvgIpc) is 2.66. The maximum atomic E-state index is 4.21. The van der Waals surface area contributed by atoms with Gasteiger partial charge in [0.25, 0.3) is 0 Å². The molecule has 0 amide bonds. The lowest BCUT2D eigenvalue weighted by Crippen LogP contribution is -2.14. The molecule has 0 unspecified atom stereocenters. The van der Waals surface area contributed by atoms with Crippen LogP contribution in [0.3, 0.4) is 0 Å². The second-order valence-corrected chi connectivity index (χ2v) is 3.54. The minimum absolute atomic E-state index is 0.496. The van der Waals surface area contributed by atoms with E-state index in [9.17, 15) is 0 Å². The average molecular weight is 189 g/mol. The molecule has 74 valence electrons. The van der Waals surface area contributed by atoms with Crippen LogP contribution in [0.2, 0.25) is 0 Å². The lowest BCUT2D eigenvalue weighted by molar-refractivity contribution is 0.763. The standard InChI is InChI=1S/C11H15N3/c1-3-9(2)13-10-6-7-12-14-8-4-5-11(10)14/h4-9,13H,3H2,1-2H3/t9-/m0/s1. The number of nitrogens with zero attached hydrogens (tertiary/aromatic N) is 2. The number of fused-ring (bicyclic) bond motifs is 1. The third-order valence-corrected chi connectivity index (χ3v) is 2.45. The molecule has 0 aliphatic rings. The summed E-state index contributed by atoms with van der Waals surface area (Å²) >= 11 is 0. The fourth-order valence-corrected chi connectivity index (χ4v) is 1.44. The Bertz CT molecular complexity index is 419. The zero-order valence-corrected chi connectivity index (χ0v) is 8.57. The van der Waals surface area contributed by atoms with Crippen LogP contribution in [0.25, 0.3) is 5.52 Å². The molecule has 3 heteroatoms. The van der Waals surface area contributed by atoms with Gasteiger partial charge in [-0.15, -0.1) is 0 Å². The molecule has 0 saturated carbocycles. The van der Waals surface area contributed by atoms with E-state index in [1.54, 1.807) is 0 Å². The van der Waals surface area contributed by atoms with Crippen molar-refractivity contribution in [1.82, 2.24) is 9.61 Å². The second kappa shape index (κ2) is 3.70. The lowest BCUT2D eigenvalue weighted by atomic mass is 10.2. The summed E-state index contributed by atoms with van der Waals surface area (Å²) < 4.78 is 1.88. The maximum absolute atomic E-state index is 4.21. The third-order valence-electron chi connectivity index (χ3n) is 2.45. The number of nitrogens with one attached hydrogen (secondary N) is 1. The highest BCUT2D eigenvalue weighted by molar-refractivity contribution is 5.71. The summed E-state index contributed by atoms with van der Waals surface area (Å²) in [6.07, 6.45) is 4.89. The largest absolute Gasteiger partial charge is 0.381 e. The summed E-state index contributed by atoms with van der Waals surface area (Å²) in [4.78, 5) is 0. The Balaban J connectivity index is 2.36. The summed E-state index contributed by atoms with van der Waals surface area (Å²) in [5.41, 5.74) is 2.28. The molecule has 3 nitrogen and oxygen atoms in total. The molecule has 2 heterocycles. The molecule has 1 N–H and O–H groups in total. The van der Waals surface area contributed by atoms with Gasteiger partial charge in [0.15, 0.2) is 0 Å². The van der Waals surface area contributed by atoms with Crippen LogP contribution in [0.4, 0.5) is 5.69 Å². The molecular formula is C11H15N3. The Morgan fingerprint density at radius 3 is 3.14 bits per heavy atom. The van der Waals surface area contributed by atoms with Gasteiger partial charge in [-0.1, -0.05) is 6.92 Å². The van der Waals surface area contributed by atoms with Crippen molar-refractivity contribution in [3.8, 4) is 0 Å². The first-order chi connectivity index (χ1) is 6.81. The molecule has 0 bridgehead atoms. The van der Waals surface area contributed by atoms with Crippen LogP contribution < -0.4 is 5.32 Å². The SMILES string of the molecule is CC[C@H](C)Nc1ccnn2cccc12. The highest BCUT2D eigenvalue weighted by Crippen LogP contribution is 2.16. The topological polar surface area (TPSA) is 29.3 Å². The highest BCUT2D eigenvalue weighted by atomic mass is 15.2. The Morgan fingerprint density at radius 2 is 2.36 bits per heavy atom. The molecular weight excluding hydrogens is 174 g/mol. The Labute approximate surface area is 83.7 Å². The number of anilines is 1. The molecule has 0 fully saturated rings. The van der Waals surface area contributed by atoms with Gasteiger partial charge in [-0.25, -0.2) is 4.52 Å². The predicted octanol–water partition coefficient (Wildman–Crippen LogP) is 2.54. The van der Waals surface area contributed by atoms with Gasteiger partial charge >= 0.3 is 0 Å². The van der Waals surface area contributed by atoms with E-state index in [2.05, 4.69) is 30.3 Å². The van der Waals surface area contributed by atoms with Crippen LogP contribution >= 0.6 is 0 Å². The van der Waals surface area contributed by atoms with Crippen molar-refractivity contribution in [2.45, 2.75) is 26.3 Å². The Morgan fingerprint density at radius 1 is 1.50 bits per heavy atom. The van der Waals surface area contributed by atoms with E-state index in [0.29, 0.717) is 6.04 Å². The molecule has 2 aromatic heterocycles. The summed E-state index contributed by atoms with van der Waals surface area (Å²) in [7, 11) is 0. The molecule has 0 saturated heterocycles. The predicted molar refractivity (Wildman–Crippen MR) is 58.6 cm³/mol. The number of rotatable bonds is 3. The van der Waals surface area contributed by atoms with E-state index in [0.717, 1.165) is 17.6 Å². The molecule has 0 radical (unpaired) electrons. The fraction of sp³-hybridized carbons (Fsp3) is 0.364. The van der Waals surface area contributed by atoms with Gasteiger partial charge in [-0.05, 0) is 31.5 Å². The lowest BCUT2D eigenvalue weighted by Gasteiger charge is -2.13. The van der Waals surface area contributed by atoms with Gasteiger partial charge in [0.1, 0.15) is 0 Å². The van der Waals surface area contributed by atoms with Gasteiger partial charge in [0.05, 0.1) is 11.2 Å². The van der Waals surface area contributed by atoms with E-state index >= 15 is 0 Å². The molecule has 2 rings (SSSR count). The van der Waals surface area contributed by atoms with Gasteiger partial charge in [-0.2, -0.15) is 5.10 Å². The third kappa shape index (κ3) is 1.58. The fourth-order valence-electron chi connectivity index (χ4n) is 1.44. The van der Waals surface area contributed by atoms with Crippen LogP contribution in [-0.2, 0) is 0 Å². The summed E-state index contributed by atoms with van der Waals surface area (Å²) in [5.74, 6) is 0. The Hall–Kier alpha value is -1.51. The smallest absolute Gasteiger partial charge is 0.0878 e. The summed E-state index contributed by atoms with van der Waals surface area (Å²) in [6.45, 7) is 4.36. The van der Waals surface area contributed by atoms with Crippen LogP contribution in [0.5, 0.6) is 0 Å². The van der Waals surface area contributed by atoms with Crippen molar-refractivity contribution < 1.29 is 0 Å². The van der Waals surface area contributed by atoms with Gasteiger partial charge in [-0.3, -0.25) is 0 Å². The molecule has 0 aliphatic heterocycles. The van der Waals surface area contributed by atoms with Gasteiger partial charge in [0, 0.05) is 18.4 Å². The minimum atomic E-state index is 0.496. The molecule has 14 heavy (non-hydrogen) atoms. The maximum Gasteiger partial charge on any atom is 0.0878 e. The zero-order chi connectivity index (χ0) is 9.97. The summed E-state index contributed by atoms with van der Waals surface area (Å²) in [6, 6.07) is 6.58. The van der Waals surface area contributed by atoms with E-state index in [4.69, 9.17) is 0 Å². The van der Waals surface area contributed by atoms with Crippen molar-refractivity contribution in [2.75, 3.05) is 5.32 Å². The van der Waals surface area contributed by atoms with Gasteiger partial charge < -0.3 is 5.32 Å². The van der Waals surface area contributed by atoms with Crippen molar-refractivity contribution in [2.24, 2.45) is 0 Å². The summed E-state index contributed by atoms with van der Waals surface area (Å²) in [5, 5.41) is 7.67. The second-order valence-electron chi connectivity index (χ2n) is 3.54. The van der Waals surface area contributed by atoms with Crippen LogP contribution in [-0.4, -0.2) is 15.7 Å². The van der Waals surface area contributed by atoms with E-state index in [1.165, 1.54) is 0 Å². The first-order valence-electron chi connectivity index (χ1n) is 5.00. The highest BCUT2D eigenvalue weighted by Gasteiger charge is 2.03. The molecule has 1 atom stereocenters. The van der Waals surface area contributed by atoms with Crippen molar-refractivity contribution in [1.29, 1.82) is 0 Å². The zero-order valence-electron chi connectivity index (χ0n) is 8.57. The van der Waals surface area contributed by atoms with Crippen LogP contribution in [0, 0.1) is 0 Å². The molecule has 0 spiro atoms. The van der Waals surface area contributed by atoms with Crippen molar-refractivity contribution in [3.63, 3.8) is 0 Å². The van der Waals surface area contributed by atoms with Gasteiger partial charge in [0.2, 0.25) is 0 Å². The Kier molecular flexibility index (Phi) is 2.39. The number of aromatic nitrogens is 2. The van der Waals surface area contributed by atoms with E-state index < -0.39 is 0 Å². The monoisotopic (exact) mass is 189 g/mol. The number of hydrogen-bond acceptors (Lipinski definition) is 2. The molecule has 0 aliphatic carbocycles. The molecule has 0 aromatic carbocycles. The minimum Gasteiger partial charge on any atom is -0.381 e. The first-order valence-corrected chi connectivity index (χ1v) is 5.00. The van der Waals surface area contributed by atoms with Crippen LogP contribution in [0.15, 0.2) is 30.6 Å². The number of hydrogen-bond donors (Lipinski definition) is 1. The van der Waals surface area contributed by atoms with E-state index in [1.807, 2.05) is 29.0 Å². The van der Waals surface area contributed by atoms with Crippen molar-refractivity contribution in [3.05, 3.63) is 30.6 Å². The quantitative estimate of drug-likeness (QED) is 0.804. The van der Waals surface area contributed by atoms with E-state index in [-0.39, 0.29) is 0 Å². The first kappa shape index (κ1) is 9.06. The normalized spacial score (nSPS) is 13.0. The van der Waals surface area contributed by atoms with Crippen LogP contribution in [0.1, 0.15) is 20.3 Å². The van der Waals surface area contributed by atoms with Crippen molar-refractivity contribution >= 4 is 11.2 Å².